The normalized spacial score (nSPS) is 16.5. The maximum absolute atomic E-state index is 12.8. The second-order valence-corrected chi connectivity index (χ2v) is 8.51. The number of nitrogens with zero attached hydrogens (tertiary/aromatic N) is 1. The van der Waals surface area contributed by atoms with Gasteiger partial charge in [0.2, 0.25) is 0 Å². The molecule has 148 valence electrons. The van der Waals surface area contributed by atoms with Crippen molar-refractivity contribution in [2.24, 2.45) is 0 Å². The van der Waals surface area contributed by atoms with Gasteiger partial charge in [0.1, 0.15) is 6.61 Å². The molecule has 7 heteroatoms. The number of ether oxygens (including phenoxy) is 1. The minimum Gasteiger partial charge on any atom is -0.447 e. The van der Waals surface area contributed by atoms with Crippen LogP contribution in [0.1, 0.15) is 11.6 Å². The van der Waals surface area contributed by atoms with E-state index in [1.54, 1.807) is 49.5 Å². The molecule has 0 radical (unpaired) electrons. The van der Waals surface area contributed by atoms with Crippen molar-refractivity contribution in [2.75, 3.05) is 18.4 Å². The van der Waals surface area contributed by atoms with Crippen molar-refractivity contribution in [2.45, 2.75) is 10.9 Å². The zero-order valence-electron chi connectivity index (χ0n) is 15.8. The molecular weight excluding hydrogens is 388 g/mol. The predicted molar refractivity (Wildman–Crippen MR) is 111 cm³/mol. The molecule has 3 aromatic rings. The van der Waals surface area contributed by atoms with Gasteiger partial charge in [-0.2, -0.15) is 0 Å². The first-order valence-corrected chi connectivity index (χ1v) is 10.6. The molecule has 1 fully saturated rings. The molecule has 1 heterocycles. The van der Waals surface area contributed by atoms with Crippen LogP contribution in [0.5, 0.6) is 0 Å². The van der Waals surface area contributed by atoms with Crippen LogP contribution in [0.4, 0.5) is 10.5 Å². The summed E-state index contributed by atoms with van der Waals surface area (Å²) in [5, 5.41) is 0. The molecule has 0 aromatic heterocycles. The molecule has 0 aliphatic carbocycles. The average molecular weight is 408 g/mol. The van der Waals surface area contributed by atoms with Crippen molar-refractivity contribution < 1.29 is 17.9 Å². The molecule has 1 N–H and O–H groups in total. The van der Waals surface area contributed by atoms with Crippen LogP contribution in [0.2, 0.25) is 0 Å². The van der Waals surface area contributed by atoms with Crippen LogP contribution in [0.25, 0.3) is 11.1 Å². The second-order valence-electron chi connectivity index (χ2n) is 6.82. The Labute approximate surface area is 169 Å². The lowest BCUT2D eigenvalue weighted by Gasteiger charge is -2.17. The Morgan fingerprint density at radius 3 is 2.28 bits per heavy atom. The van der Waals surface area contributed by atoms with Gasteiger partial charge in [-0.1, -0.05) is 54.6 Å². The van der Waals surface area contributed by atoms with E-state index in [9.17, 15) is 13.2 Å². The fourth-order valence-corrected chi connectivity index (χ4v) is 4.34. The maximum atomic E-state index is 12.8. The number of nitrogens with one attached hydrogen (secondary N) is 1. The highest BCUT2D eigenvalue weighted by molar-refractivity contribution is 7.92. The lowest BCUT2D eigenvalue weighted by Crippen LogP contribution is -2.22. The highest BCUT2D eigenvalue weighted by Crippen LogP contribution is 2.28. The van der Waals surface area contributed by atoms with E-state index in [-0.39, 0.29) is 23.6 Å². The number of hydrogen-bond donors (Lipinski definition) is 1. The van der Waals surface area contributed by atoms with E-state index < -0.39 is 10.0 Å². The number of anilines is 1. The predicted octanol–water partition coefficient (Wildman–Crippen LogP) is 4.28. The van der Waals surface area contributed by atoms with E-state index >= 15 is 0 Å². The monoisotopic (exact) mass is 408 g/mol. The quantitative estimate of drug-likeness (QED) is 0.684. The first-order valence-electron chi connectivity index (χ1n) is 9.12. The Morgan fingerprint density at radius 1 is 0.931 bits per heavy atom. The van der Waals surface area contributed by atoms with E-state index in [2.05, 4.69) is 4.72 Å². The molecule has 4 rings (SSSR count). The fourth-order valence-electron chi connectivity index (χ4n) is 3.29. The summed E-state index contributed by atoms with van der Waals surface area (Å²) in [6.45, 7) is 0.243. The van der Waals surface area contributed by atoms with Gasteiger partial charge in [0.25, 0.3) is 10.0 Å². The summed E-state index contributed by atoms with van der Waals surface area (Å²) in [4.78, 5) is 13.3. The number of rotatable bonds is 5. The number of benzene rings is 3. The Hall–Kier alpha value is -3.32. The van der Waals surface area contributed by atoms with Crippen LogP contribution >= 0.6 is 0 Å². The summed E-state index contributed by atoms with van der Waals surface area (Å²) in [6, 6.07) is 23.3. The molecule has 1 aliphatic heterocycles. The molecule has 1 saturated heterocycles. The van der Waals surface area contributed by atoms with E-state index in [0.717, 1.165) is 16.7 Å². The number of hydrogen-bond acceptors (Lipinski definition) is 4. The van der Waals surface area contributed by atoms with Crippen LogP contribution < -0.4 is 4.72 Å². The van der Waals surface area contributed by atoms with Gasteiger partial charge in [-0.3, -0.25) is 4.72 Å². The van der Waals surface area contributed by atoms with Crippen LogP contribution in [0.15, 0.2) is 83.8 Å². The first-order chi connectivity index (χ1) is 13.9. The second kappa shape index (κ2) is 7.60. The van der Waals surface area contributed by atoms with Crippen molar-refractivity contribution in [1.29, 1.82) is 0 Å². The number of cyclic esters (lactones) is 1. The molecule has 29 heavy (non-hydrogen) atoms. The number of sulfonamides is 1. The highest BCUT2D eigenvalue weighted by Gasteiger charge is 2.31. The summed E-state index contributed by atoms with van der Waals surface area (Å²) in [5.41, 5.74) is 3.20. The molecule has 1 aliphatic rings. The van der Waals surface area contributed by atoms with E-state index in [4.69, 9.17) is 4.74 Å². The zero-order chi connectivity index (χ0) is 20.4. The van der Waals surface area contributed by atoms with Gasteiger partial charge in [0, 0.05) is 12.7 Å². The maximum Gasteiger partial charge on any atom is 0.410 e. The van der Waals surface area contributed by atoms with Crippen LogP contribution in [-0.4, -0.2) is 33.1 Å². The van der Waals surface area contributed by atoms with Gasteiger partial charge in [0.05, 0.1) is 10.9 Å². The van der Waals surface area contributed by atoms with Gasteiger partial charge in [-0.15, -0.1) is 0 Å². The summed E-state index contributed by atoms with van der Waals surface area (Å²) in [7, 11) is -2.08. The molecule has 0 unspecified atom stereocenters. The number of carbonyl (C=O) groups is 1. The molecule has 0 saturated carbocycles. The average Bonchev–Trinajstić information content (AvgIpc) is 3.07. The zero-order valence-corrected chi connectivity index (χ0v) is 16.6. The number of amides is 1. The van der Waals surface area contributed by atoms with Gasteiger partial charge < -0.3 is 9.64 Å². The third-order valence-corrected chi connectivity index (χ3v) is 6.31. The Morgan fingerprint density at radius 2 is 1.62 bits per heavy atom. The van der Waals surface area contributed by atoms with E-state index in [1.807, 2.05) is 36.4 Å². The molecule has 0 spiro atoms. The summed E-state index contributed by atoms with van der Waals surface area (Å²) >= 11 is 0. The summed E-state index contributed by atoms with van der Waals surface area (Å²) in [5.74, 6) is 0. The van der Waals surface area contributed by atoms with Crippen molar-refractivity contribution in [3.63, 3.8) is 0 Å². The minimum absolute atomic E-state index is 0.180. The topological polar surface area (TPSA) is 75.7 Å². The molecule has 1 amide bonds. The van der Waals surface area contributed by atoms with Crippen LogP contribution in [0.3, 0.4) is 0 Å². The van der Waals surface area contributed by atoms with Gasteiger partial charge >= 0.3 is 6.09 Å². The van der Waals surface area contributed by atoms with Crippen molar-refractivity contribution in [3.05, 3.63) is 84.4 Å². The summed E-state index contributed by atoms with van der Waals surface area (Å²) < 4.78 is 33.2. The number of likely N-dealkylation sites (N-methyl/N-ethyl adjacent to an activating group) is 1. The largest absolute Gasteiger partial charge is 0.447 e. The summed E-state index contributed by atoms with van der Waals surface area (Å²) in [6.07, 6.45) is -0.389. The van der Waals surface area contributed by atoms with E-state index in [0.29, 0.717) is 5.69 Å². The Balaban J connectivity index is 1.55. The minimum atomic E-state index is -3.74. The highest BCUT2D eigenvalue weighted by atomic mass is 32.2. The van der Waals surface area contributed by atoms with Crippen molar-refractivity contribution in [3.8, 4) is 11.1 Å². The standard InChI is InChI=1S/C22H20N2O4S/c1-24-21(15-28-22(24)25)18-8-5-9-19(14-18)23-29(26,27)20-12-10-17(11-13-20)16-6-3-2-4-7-16/h2-14,21,23H,15H2,1H3/t21-/m0/s1. The van der Waals surface area contributed by atoms with Crippen molar-refractivity contribution >= 4 is 21.8 Å². The van der Waals surface area contributed by atoms with Crippen molar-refractivity contribution in [1.82, 2.24) is 4.90 Å². The van der Waals surface area contributed by atoms with Gasteiger partial charge in [-0.25, -0.2) is 13.2 Å². The lowest BCUT2D eigenvalue weighted by molar-refractivity contribution is 0.163. The lowest BCUT2D eigenvalue weighted by atomic mass is 10.1. The van der Waals surface area contributed by atoms with Gasteiger partial charge in [-0.05, 0) is 41.0 Å². The first kappa shape index (κ1) is 19.0. The van der Waals surface area contributed by atoms with Gasteiger partial charge in [0.15, 0.2) is 0 Å². The third kappa shape index (κ3) is 3.95. The smallest absolute Gasteiger partial charge is 0.410 e. The number of carbonyl (C=O) groups excluding carboxylic acids is 1. The fraction of sp³-hybridized carbons (Fsp3) is 0.136. The van der Waals surface area contributed by atoms with Crippen LogP contribution in [-0.2, 0) is 14.8 Å². The Bertz CT molecular complexity index is 1130. The SMILES string of the molecule is CN1C(=O)OC[C@H]1c1cccc(NS(=O)(=O)c2ccc(-c3ccccc3)cc2)c1. The molecule has 0 bridgehead atoms. The molecule has 6 nitrogen and oxygen atoms in total. The Kier molecular flexibility index (Phi) is 4.98. The molecule has 3 aromatic carbocycles. The molecular formula is C22H20N2O4S. The molecule has 1 atom stereocenters. The van der Waals surface area contributed by atoms with E-state index in [1.165, 1.54) is 4.90 Å². The van der Waals surface area contributed by atoms with Crippen LogP contribution in [0, 0.1) is 0 Å². The third-order valence-electron chi connectivity index (χ3n) is 4.92.